The highest BCUT2D eigenvalue weighted by Crippen LogP contribution is 2.41. The third-order valence-electron chi connectivity index (χ3n) is 6.42. The molecule has 1 aliphatic rings. The largest absolute Gasteiger partial charge is 0.497 e. The number of benzene rings is 1. The summed E-state index contributed by atoms with van der Waals surface area (Å²) in [6.07, 6.45) is 5.70. The van der Waals surface area contributed by atoms with Crippen molar-refractivity contribution in [3.63, 3.8) is 0 Å². The molecule has 1 aliphatic carbocycles. The molecule has 1 amide bonds. The Hall–Kier alpha value is -3.36. The number of ether oxygens (including phenoxy) is 1. The first-order valence-corrected chi connectivity index (χ1v) is 10.4. The van der Waals surface area contributed by atoms with Crippen LogP contribution < -0.4 is 21.3 Å². The van der Waals surface area contributed by atoms with E-state index in [0.29, 0.717) is 6.54 Å². The molecule has 2 aromatic heterocycles. The molecule has 9 nitrogen and oxygen atoms in total. The minimum atomic E-state index is -0.464. The van der Waals surface area contributed by atoms with Crippen LogP contribution in [0.25, 0.3) is 11.2 Å². The Morgan fingerprint density at radius 2 is 1.81 bits per heavy atom. The van der Waals surface area contributed by atoms with Crippen molar-refractivity contribution in [2.45, 2.75) is 37.6 Å². The van der Waals surface area contributed by atoms with Gasteiger partial charge in [-0.05, 0) is 30.5 Å². The van der Waals surface area contributed by atoms with Crippen molar-refractivity contribution < 1.29 is 9.53 Å². The SMILES string of the molecule is COc1ccc(C2(CNC(=O)Cn3cnc4c3c(=O)n(C)c(=O)n4C)CCCC2)cc1. The number of carbonyl (C=O) groups excluding carboxylic acids is 1. The summed E-state index contributed by atoms with van der Waals surface area (Å²) in [7, 11) is 4.62. The lowest BCUT2D eigenvalue weighted by Crippen LogP contribution is -2.41. The zero-order valence-electron chi connectivity index (χ0n) is 18.1. The summed E-state index contributed by atoms with van der Waals surface area (Å²) in [6, 6.07) is 8.05. The Morgan fingerprint density at radius 3 is 2.45 bits per heavy atom. The number of fused-ring (bicyclic) bond motifs is 1. The number of rotatable bonds is 6. The van der Waals surface area contributed by atoms with Gasteiger partial charge in [0.2, 0.25) is 5.91 Å². The van der Waals surface area contributed by atoms with Crippen molar-refractivity contribution in [2.75, 3.05) is 13.7 Å². The third kappa shape index (κ3) is 3.64. The van der Waals surface area contributed by atoms with E-state index in [0.717, 1.165) is 36.0 Å². The number of nitrogens with one attached hydrogen (secondary N) is 1. The Bertz CT molecular complexity index is 1230. The molecule has 0 bridgehead atoms. The number of aromatic nitrogens is 4. The number of aryl methyl sites for hydroxylation is 1. The van der Waals surface area contributed by atoms with Crippen LogP contribution in [0.5, 0.6) is 5.75 Å². The van der Waals surface area contributed by atoms with Crippen molar-refractivity contribution in [3.8, 4) is 5.75 Å². The first-order chi connectivity index (χ1) is 14.9. The summed E-state index contributed by atoms with van der Waals surface area (Å²) in [5, 5.41) is 3.06. The van der Waals surface area contributed by atoms with Crippen molar-refractivity contribution in [1.82, 2.24) is 24.0 Å². The van der Waals surface area contributed by atoms with Gasteiger partial charge in [-0.25, -0.2) is 9.78 Å². The maximum Gasteiger partial charge on any atom is 0.332 e. The fraction of sp³-hybridized carbons (Fsp3) is 0.455. The molecular formula is C22H27N5O4. The fourth-order valence-electron chi connectivity index (χ4n) is 4.56. The molecule has 3 aromatic rings. The molecule has 1 fully saturated rings. The second kappa shape index (κ2) is 8.05. The van der Waals surface area contributed by atoms with Gasteiger partial charge in [0.05, 0.1) is 13.4 Å². The first-order valence-electron chi connectivity index (χ1n) is 10.4. The van der Waals surface area contributed by atoms with E-state index >= 15 is 0 Å². The van der Waals surface area contributed by atoms with Crippen molar-refractivity contribution in [3.05, 3.63) is 57.0 Å². The average molecular weight is 425 g/mol. The second-order valence-corrected chi connectivity index (χ2v) is 8.24. The summed E-state index contributed by atoms with van der Waals surface area (Å²) in [5.74, 6) is 0.610. The van der Waals surface area contributed by atoms with Crippen LogP contribution in [-0.2, 0) is 30.8 Å². The Labute approximate surface area is 179 Å². The van der Waals surface area contributed by atoms with Gasteiger partial charge in [-0.1, -0.05) is 25.0 Å². The molecule has 9 heteroatoms. The number of hydrogen-bond acceptors (Lipinski definition) is 5. The number of amides is 1. The summed E-state index contributed by atoms with van der Waals surface area (Å²) < 4.78 is 9.10. The molecule has 1 N–H and O–H groups in total. The molecule has 0 unspecified atom stereocenters. The quantitative estimate of drug-likeness (QED) is 0.637. The smallest absolute Gasteiger partial charge is 0.332 e. The summed E-state index contributed by atoms with van der Waals surface area (Å²) in [4.78, 5) is 41.6. The molecule has 164 valence electrons. The summed E-state index contributed by atoms with van der Waals surface area (Å²) in [5.41, 5.74) is 0.697. The minimum Gasteiger partial charge on any atom is -0.497 e. The Morgan fingerprint density at radius 1 is 1.13 bits per heavy atom. The van der Waals surface area contributed by atoms with E-state index < -0.39 is 11.2 Å². The lowest BCUT2D eigenvalue weighted by Gasteiger charge is -2.30. The van der Waals surface area contributed by atoms with Gasteiger partial charge in [0, 0.05) is 26.1 Å². The molecule has 31 heavy (non-hydrogen) atoms. The maximum absolute atomic E-state index is 12.8. The highest BCUT2D eigenvalue weighted by molar-refractivity contribution is 5.79. The first kappa shape index (κ1) is 20.9. The van der Waals surface area contributed by atoms with Gasteiger partial charge >= 0.3 is 5.69 Å². The number of nitrogens with zero attached hydrogens (tertiary/aromatic N) is 4. The van der Waals surface area contributed by atoms with Crippen molar-refractivity contribution in [2.24, 2.45) is 14.1 Å². The van der Waals surface area contributed by atoms with Gasteiger partial charge in [0.25, 0.3) is 5.56 Å². The monoisotopic (exact) mass is 425 g/mol. The maximum atomic E-state index is 12.8. The molecule has 0 radical (unpaired) electrons. The van der Waals surface area contributed by atoms with Gasteiger partial charge in [-0.3, -0.25) is 18.7 Å². The van der Waals surface area contributed by atoms with Gasteiger partial charge in [0.1, 0.15) is 12.3 Å². The van der Waals surface area contributed by atoms with Crippen LogP contribution in [0.4, 0.5) is 0 Å². The Kier molecular flexibility index (Phi) is 5.43. The van der Waals surface area contributed by atoms with E-state index in [9.17, 15) is 14.4 Å². The van der Waals surface area contributed by atoms with Crippen LogP contribution in [0.15, 0.2) is 40.2 Å². The normalized spacial score (nSPS) is 15.3. The van der Waals surface area contributed by atoms with Crippen LogP contribution in [0.3, 0.4) is 0 Å². The zero-order valence-corrected chi connectivity index (χ0v) is 18.1. The van der Waals surface area contributed by atoms with Gasteiger partial charge in [-0.15, -0.1) is 0 Å². The number of imidazole rings is 1. The van der Waals surface area contributed by atoms with E-state index in [1.165, 1.54) is 28.1 Å². The molecular weight excluding hydrogens is 398 g/mol. The zero-order chi connectivity index (χ0) is 22.2. The van der Waals surface area contributed by atoms with Crippen LogP contribution in [0.1, 0.15) is 31.2 Å². The fourth-order valence-corrected chi connectivity index (χ4v) is 4.56. The highest BCUT2D eigenvalue weighted by Gasteiger charge is 2.36. The molecule has 0 atom stereocenters. The van der Waals surface area contributed by atoms with Crippen LogP contribution in [0.2, 0.25) is 0 Å². The third-order valence-corrected chi connectivity index (χ3v) is 6.42. The topological polar surface area (TPSA) is 100 Å². The van der Waals surface area contributed by atoms with Crippen LogP contribution >= 0.6 is 0 Å². The number of hydrogen-bond donors (Lipinski definition) is 1. The average Bonchev–Trinajstić information content (AvgIpc) is 3.43. The highest BCUT2D eigenvalue weighted by atomic mass is 16.5. The van der Waals surface area contributed by atoms with Crippen LogP contribution in [-0.4, -0.2) is 38.2 Å². The number of carbonyl (C=O) groups is 1. The van der Waals surface area contributed by atoms with Gasteiger partial charge < -0.3 is 14.6 Å². The summed E-state index contributed by atoms with van der Waals surface area (Å²) in [6.45, 7) is 0.490. The van der Waals surface area contributed by atoms with E-state index in [4.69, 9.17) is 4.74 Å². The molecule has 0 spiro atoms. The molecule has 0 aliphatic heterocycles. The lowest BCUT2D eigenvalue weighted by molar-refractivity contribution is -0.121. The molecule has 1 saturated carbocycles. The molecule has 0 saturated heterocycles. The summed E-state index contributed by atoms with van der Waals surface area (Å²) >= 11 is 0. The van der Waals surface area contributed by atoms with E-state index in [1.807, 2.05) is 12.1 Å². The minimum absolute atomic E-state index is 0.0391. The molecule has 4 rings (SSSR count). The van der Waals surface area contributed by atoms with Crippen molar-refractivity contribution in [1.29, 1.82) is 0 Å². The van der Waals surface area contributed by atoms with E-state index in [2.05, 4.69) is 22.4 Å². The predicted molar refractivity (Wildman–Crippen MR) is 116 cm³/mol. The predicted octanol–water partition coefficient (Wildman–Crippen LogP) is 1.07. The molecule has 1 aromatic carbocycles. The van der Waals surface area contributed by atoms with Crippen molar-refractivity contribution >= 4 is 17.1 Å². The van der Waals surface area contributed by atoms with Gasteiger partial charge in [0.15, 0.2) is 11.2 Å². The number of methoxy groups -OCH3 is 1. The van der Waals surface area contributed by atoms with Crippen LogP contribution in [0, 0.1) is 0 Å². The lowest BCUT2D eigenvalue weighted by atomic mass is 9.78. The van der Waals surface area contributed by atoms with Gasteiger partial charge in [-0.2, -0.15) is 0 Å². The van der Waals surface area contributed by atoms with E-state index in [-0.39, 0.29) is 29.0 Å². The Balaban J connectivity index is 1.53. The standard InChI is InChI=1S/C22H27N5O4/c1-25-19-18(20(29)26(2)21(25)30)27(14-24-19)12-17(28)23-13-22(10-4-5-11-22)15-6-8-16(31-3)9-7-15/h6-9,14H,4-5,10-13H2,1-3H3,(H,23,28). The second-order valence-electron chi connectivity index (χ2n) is 8.24. The van der Waals surface area contributed by atoms with E-state index in [1.54, 1.807) is 14.2 Å². The molecule has 2 heterocycles.